The maximum absolute atomic E-state index is 13.0. The minimum absolute atomic E-state index is 0.0242. The zero-order valence-electron chi connectivity index (χ0n) is 17.5. The Morgan fingerprint density at radius 2 is 2.03 bits per heavy atom. The Bertz CT molecular complexity index is 1080. The van der Waals surface area contributed by atoms with Gasteiger partial charge in [0, 0.05) is 38.2 Å². The van der Waals surface area contributed by atoms with Crippen molar-refractivity contribution < 1.29 is 35.9 Å². The topological polar surface area (TPSA) is 84.9 Å². The first-order valence-electron chi connectivity index (χ1n) is 9.66. The number of nitrogens with zero attached hydrogens (tertiary/aromatic N) is 1. The zero-order valence-corrected chi connectivity index (χ0v) is 19.1. The third-order valence-corrected chi connectivity index (χ3v) is 8.19. The fourth-order valence-corrected chi connectivity index (χ4v) is 6.49. The number of carbonyl (C=O) groups is 1. The van der Waals surface area contributed by atoms with Crippen LogP contribution in [-0.4, -0.2) is 53.2 Å². The van der Waals surface area contributed by atoms with Gasteiger partial charge in [-0.2, -0.15) is 13.2 Å². The Labute approximate surface area is 188 Å². The summed E-state index contributed by atoms with van der Waals surface area (Å²) in [6, 6.07) is 5.12. The molecule has 32 heavy (non-hydrogen) atoms. The van der Waals surface area contributed by atoms with Crippen LogP contribution in [0.3, 0.4) is 0 Å². The highest BCUT2D eigenvalue weighted by atomic mass is 32.2. The van der Waals surface area contributed by atoms with E-state index in [1.807, 2.05) is 4.90 Å². The molecule has 2 heterocycles. The van der Waals surface area contributed by atoms with Crippen molar-refractivity contribution in [2.24, 2.45) is 0 Å². The highest BCUT2D eigenvalue weighted by Crippen LogP contribution is 2.37. The van der Waals surface area contributed by atoms with Gasteiger partial charge in [0.05, 0.1) is 24.8 Å². The third kappa shape index (κ3) is 5.49. The van der Waals surface area contributed by atoms with Crippen molar-refractivity contribution in [2.45, 2.75) is 29.9 Å². The molecular formula is C20H23F3N2O5S2. The molecule has 0 atom stereocenters. The number of rotatable bonds is 8. The highest BCUT2D eigenvalue weighted by molar-refractivity contribution is 7.91. The van der Waals surface area contributed by atoms with Gasteiger partial charge < -0.3 is 9.47 Å². The Kier molecular flexibility index (Phi) is 7.61. The van der Waals surface area contributed by atoms with Crippen LogP contribution in [0.1, 0.15) is 31.9 Å². The molecule has 1 aromatic carbocycles. The number of sulfonamides is 1. The van der Waals surface area contributed by atoms with Gasteiger partial charge in [0.25, 0.3) is 10.0 Å². The molecule has 0 radical (unpaired) electrons. The molecule has 1 aliphatic rings. The molecule has 0 amide bonds. The van der Waals surface area contributed by atoms with E-state index in [2.05, 4.69) is 4.72 Å². The molecule has 2 aromatic rings. The number of alkyl halides is 3. The number of fused-ring (bicyclic) bond motifs is 1. The molecule has 1 aromatic heterocycles. The smallest absolute Gasteiger partial charge is 0.416 e. The highest BCUT2D eigenvalue weighted by Gasteiger charge is 2.34. The second-order valence-electron chi connectivity index (χ2n) is 7.21. The van der Waals surface area contributed by atoms with E-state index < -0.39 is 27.7 Å². The number of esters is 1. The van der Waals surface area contributed by atoms with Crippen LogP contribution < -0.4 is 4.72 Å². The summed E-state index contributed by atoms with van der Waals surface area (Å²) in [6.07, 6.45) is -4.05. The number of methoxy groups -OCH3 is 2. The Balaban J connectivity index is 1.86. The normalized spacial score (nSPS) is 14.9. The Morgan fingerprint density at radius 3 is 2.69 bits per heavy atom. The van der Waals surface area contributed by atoms with E-state index in [4.69, 9.17) is 9.47 Å². The summed E-state index contributed by atoms with van der Waals surface area (Å²) in [4.78, 5) is 15.0. The third-order valence-electron chi connectivity index (χ3n) is 5.00. The largest absolute Gasteiger partial charge is 0.465 e. The molecule has 176 valence electrons. The van der Waals surface area contributed by atoms with Crippen LogP contribution in [0.5, 0.6) is 0 Å². The quantitative estimate of drug-likeness (QED) is 0.451. The minimum atomic E-state index is -4.42. The van der Waals surface area contributed by atoms with Crippen LogP contribution in [0.25, 0.3) is 0 Å². The van der Waals surface area contributed by atoms with Gasteiger partial charge in [-0.1, -0.05) is 18.2 Å². The van der Waals surface area contributed by atoms with Crippen molar-refractivity contribution in [3.8, 4) is 0 Å². The van der Waals surface area contributed by atoms with Gasteiger partial charge in [-0.3, -0.25) is 4.90 Å². The number of benzene rings is 1. The summed E-state index contributed by atoms with van der Waals surface area (Å²) in [5.41, 5.74) is 0.416. The number of halogens is 3. The summed E-state index contributed by atoms with van der Waals surface area (Å²) >= 11 is 0.979. The second-order valence-corrected chi connectivity index (χ2v) is 10.3. The summed E-state index contributed by atoms with van der Waals surface area (Å²) in [5.74, 6) is -0.735. The molecule has 0 bridgehead atoms. The second kappa shape index (κ2) is 9.87. The van der Waals surface area contributed by atoms with Crippen LogP contribution in [0, 0.1) is 0 Å². The van der Waals surface area contributed by atoms with Gasteiger partial charge >= 0.3 is 12.1 Å². The van der Waals surface area contributed by atoms with E-state index in [9.17, 15) is 26.4 Å². The number of nitrogens with one attached hydrogen (secondary N) is 1. The average molecular weight is 493 g/mol. The van der Waals surface area contributed by atoms with Crippen LogP contribution >= 0.6 is 11.3 Å². The first-order chi connectivity index (χ1) is 15.1. The summed E-state index contributed by atoms with van der Waals surface area (Å²) < 4.78 is 76.5. The summed E-state index contributed by atoms with van der Waals surface area (Å²) in [7, 11) is -1.34. The first-order valence-corrected chi connectivity index (χ1v) is 12.0. The summed E-state index contributed by atoms with van der Waals surface area (Å²) in [6.45, 7) is 1.25. The van der Waals surface area contributed by atoms with Crippen molar-refractivity contribution in [1.29, 1.82) is 0 Å². The van der Waals surface area contributed by atoms with Crippen molar-refractivity contribution in [3.05, 3.63) is 51.4 Å². The molecule has 12 heteroatoms. The monoisotopic (exact) mass is 492 g/mol. The van der Waals surface area contributed by atoms with Gasteiger partial charge in [-0.25, -0.2) is 17.9 Å². The fraction of sp³-hybridized carbons (Fsp3) is 0.450. The number of thiophene rings is 1. The van der Waals surface area contributed by atoms with E-state index in [0.29, 0.717) is 35.5 Å². The maximum Gasteiger partial charge on any atom is 0.416 e. The fourth-order valence-electron chi connectivity index (χ4n) is 3.51. The summed E-state index contributed by atoms with van der Waals surface area (Å²) in [5, 5.41) is 0. The van der Waals surface area contributed by atoms with Crippen molar-refractivity contribution in [2.75, 3.05) is 33.9 Å². The van der Waals surface area contributed by atoms with Gasteiger partial charge in [-0.15, -0.1) is 11.3 Å². The molecule has 0 fully saturated rings. The SMILES string of the molecule is COCCNS(=O)(=O)c1sc2c(c1C(=O)OC)CCN(Cc1cccc(C(F)(F)F)c1)C2. The van der Waals surface area contributed by atoms with Gasteiger partial charge in [0.15, 0.2) is 0 Å². The van der Waals surface area contributed by atoms with Gasteiger partial charge in [0.2, 0.25) is 0 Å². The van der Waals surface area contributed by atoms with Crippen molar-refractivity contribution in [1.82, 2.24) is 9.62 Å². The molecule has 0 unspecified atom stereocenters. The Morgan fingerprint density at radius 1 is 1.28 bits per heavy atom. The predicted octanol–water partition coefficient (Wildman–Crippen LogP) is 3.04. The lowest BCUT2D eigenvalue weighted by Gasteiger charge is -2.27. The van der Waals surface area contributed by atoms with Crippen molar-refractivity contribution in [3.63, 3.8) is 0 Å². The standard InChI is InChI=1S/C20H23F3N2O5S2/c1-29-9-7-24-32(27,28)19-17(18(26)30-2)15-6-8-25(12-16(15)31-19)11-13-4-3-5-14(10-13)20(21,22)23/h3-5,10,24H,6-9,11-12H2,1-2H3. The lowest BCUT2D eigenvalue weighted by atomic mass is 10.0. The van der Waals surface area contributed by atoms with Crippen LogP contribution in [0.2, 0.25) is 0 Å². The lowest BCUT2D eigenvalue weighted by molar-refractivity contribution is -0.137. The average Bonchev–Trinajstić information content (AvgIpc) is 3.12. The van der Waals surface area contributed by atoms with Gasteiger partial charge in [0.1, 0.15) is 4.21 Å². The molecule has 1 N–H and O–H groups in total. The van der Waals surface area contributed by atoms with E-state index in [1.165, 1.54) is 20.3 Å². The zero-order chi connectivity index (χ0) is 23.5. The first kappa shape index (κ1) is 24.6. The molecular weight excluding hydrogens is 469 g/mol. The number of ether oxygens (including phenoxy) is 2. The molecule has 3 rings (SSSR count). The van der Waals surface area contributed by atoms with Crippen LogP contribution in [0.4, 0.5) is 13.2 Å². The number of hydrogen-bond acceptors (Lipinski definition) is 7. The maximum atomic E-state index is 13.0. The molecule has 0 aliphatic carbocycles. The van der Waals surface area contributed by atoms with E-state index in [1.54, 1.807) is 6.07 Å². The molecule has 0 spiro atoms. The number of hydrogen-bond donors (Lipinski definition) is 1. The van der Waals surface area contributed by atoms with Crippen LogP contribution in [0.15, 0.2) is 28.5 Å². The Hall–Kier alpha value is -1.99. The van der Waals surface area contributed by atoms with E-state index >= 15 is 0 Å². The minimum Gasteiger partial charge on any atom is -0.465 e. The molecule has 1 aliphatic heterocycles. The molecule has 0 saturated heterocycles. The van der Waals surface area contributed by atoms with E-state index in [-0.39, 0.29) is 29.5 Å². The predicted molar refractivity (Wildman–Crippen MR) is 112 cm³/mol. The van der Waals surface area contributed by atoms with Crippen molar-refractivity contribution >= 4 is 27.3 Å². The van der Waals surface area contributed by atoms with E-state index in [0.717, 1.165) is 23.5 Å². The molecule has 0 saturated carbocycles. The lowest BCUT2D eigenvalue weighted by Crippen LogP contribution is -2.30. The van der Waals surface area contributed by atoms with Crippen LogP contribution in [-0.2, 0) is 45.2 Å². The number of carbonyl (C=O) groups excluding carboxylic acids is 1. The van der Waals surface area contributed by atoms with Gasteiger partial charge in [-0.05, 0) is 23.6 Å². The molecule has 7 nitrogen and oxygen atoms in total.